The number of aliphatic carboxylic acids is 1. The molecule has 3 nitrogen and oxygen atoms in total. The van der Waals surface area contributed by atoms with Crippen LogP contribution in [0.15, 0.2) is 0 Å². The maximum Gasteiger partial charge on any atom is 0.304 e. The van der Waals surface area contributed by atoms with Gasteiger partial charge < -0.3 is 10.0 Å². The lowest BCUT2D eigenvalue weighted by Gasteiger charge is -2.04. The van der Waals surface area contributed by atoms with Gasteiger partial charge in [-0.3, -0.25) is 4.79 Å². The van der Waals surface area contributed by atoms with Crippen molar-refractivity contribution >= 4 is 36.1 Å². The fraction of sp³-hybridized carbons (Fsp3) is 0.889. The Morgan fingerprint density at radius 2 is 1.71 bits per heavy atom. The topological polar surface area (TPSA) is 40.5 Å². The fourth-order valence-corrected chi connectivity index (χ4v) is 0.319. The van der Waals surface area contributed by atoms with Gasteiger partial charge in [0.15, 0.2) is 0 Å². The fourth-order valence-electron chi connectivity index (χ4n) is 0.319. The van der Waals surface area contributed by atoms with E-state index in [1.807, 2.05) is 25.3 Å². The van der Waals surface area contributed by atoms with Gasteiger partial charge >= 0.3 is 5.97 Å². The molecule has 0 heterocycles. The highest BCUT2D eigenvalue weighted by Gasteiger charge is 1.95. The quantitative estimate of drug-likeness (QED) is 0.805. The molecular weight excluding hydrogens is 313 g/mol. The van der Waals surface area contributed by atoms with Gasteiger partial charge in [0.2, 0.25) is 0 Å². The second kappa shape index (κ2) is 19.1. The first kappa shape index (κ1) is 20.0. The Morgan fingerprint density at radius 1 is 1.43 bits per heavy atom. The standard InChI is InChI=1S/C5H11NO2.C3H8.CH3IS/c1-6(2)4-3-5(7)8;2*1-3-2/h3-4H2,1-2H3,(H,7,8);3H2,1-2H3;1H3. The molecule has 0 saturated heterocycles. The molecule has 0 radical (unpaired) electrons. The summed E-state index contributed by atoms with van der Waals surface area (Å²) in [6.07, 6.45) is 3.51. The second-order valence-electron chi connectivity index (χ2n) is 2.81. The average Bonchev–Trinajstić information content (AvgIpc) is 2.04. The van der Waals surface area contributed by atoms with Crippen molar-refractivity contribution in [2.45, 2.75) is 26.7 Å². The molecule has 0 bridgehead atoms. The van der Waals surface area contributed by atoms with E-state index in [-0.39, 0.29) is 6.42 Å². The zero-order chi connectivity index (χ0) is 12.0. The lowest BCUT2D eigenvalue weighted by molar-refractivity contribution is -0.137. The zero-order valence-electron chi connectivity index (χ0n) is 9.71. The molecule has 88 valence electrons. The molecule has 0 spiro atoms. The van der Waals surface area contributed by atoms with E-state index in [2.05, 4.69) is 35.1 Å². The van der Waals surface area contributed by atoms with Gasteiger partial charge in [0.05, 0.1) is 6.42 Å². The summed E-state index contributed by atoms with van der Waals surface area (Å²) in [5, 5.41) is 8.14. The highest BCUT2D eigenvalue weighted by molar-refractivity contribution is 14.2. The first-order valence-electron chi connectivity index (χ1n) is 4.47. The minimum Gasteiger partial charge on any atom is -0.481 e. The summed E-state index contributed by atoms with van der Waals surface area (Å²) in [5.41, 5.74) is 0. The molecule has 0 atom stereocenters. The van der Waals surface area contributed by atoms with E-state index < -0.39 is 5.97 Å². The molecule has 0 unspecified atom stereocenters. The molecule has 14 heavy (non-hydrogen) atoms. The van der Waals surface area contributed by atoms with Crippen LogP contribution in [0.1, 0.15) is 26.7 Å². The van der Waals surface area contributed by atoms with Crippen molar-refractivity contribution in [1.29, 1.82) is 0 Å². The van der Waals surface area contributed by atoms with Gasteiger partial charge in [-0.15, -0.1) is 0 Å². The predicted molar refractivity (Wildman–Crippen MR) is 74.3 cm³/mol. The molecular formula is C9H22INO2S. The number of carboxylic acid groups (broad SMARTS) is 1. The first-order chi connectivity index (χ1) is 6.45. The Bertz CT molecular complexity index is 111. The van der Waals surface area contributed by atoms with Crippen molar-refractivity contribution < 1.29 is 9.90 Å². The summed E-state index contributed by atoms with van der Waals surface area (Å²) in [4.78, 5) is 11.7. The minimum atomic E-state index is -0.737. The van der Waals surface area contributed by atoms with Gasteiger partial charge in [0.1, 0.15) is 0 Å². The molecule has 0 aliphatic heterocycles. The van der Waals surface area contributed by atoms with Crippen LogP contribution in [0.5, 0.6) is 0 Å². The molecule has 0 aromatic rings. The van der Waals surface area contributed by atoms with Crippen molar-refractivity contribution in [2.24, 2.45) is 0 Å². The van der Waals surface area contributed by atoms with E-state index in [1.54, 1.807) is 8.93 Å². The smallest absolute Gasteiger partial charge is 0.304 e. The Kier molecular flexibility index (Phi) is 27.3. The first-order valence-corrected chi connectivity index (χ1v) is 8.24. The molecule has 0 aromatic carbocycles. The third-order valence-electron chi connectivity index (χ3n) is 0.773. The molecule has 0 fully saturated rings. The van der Waals surface area contributed by atoms with Gasteiger partial charge in [-0.05, 0) is 41.6 Å². The number of hydrogen-bond acceptors (Lipinski definition) is 3. The van der Waals surface area contributed by atoms with Crippen LogP contribution in [-0.2, 0) is 4.79 Å². The van der Waals surface area contributed by atoms with Crippen LogP contribution in [0, 0.1) is 0 Å². The van der Waals surface area contributed by atoms with Crippen LogP contribution in [0.25, 0.3) is 0 Å². The SMILES string of the molecule is CCC.CN(C)CCC(=O)O.CSI. The van der Waals surface area contributed by atoms with Crippen molar-refractivity contribution in [3.8, 4) is 0 Å². The summed E-state index contributed by atoms with van der Waals surface area (Å²) in [6.45, 7) is 4.87. The van der Waals surface area contributed by atoms with Crippen LogP contribution >= 0.6 is 30.1 Å². The van der Waals surface area contributed by atoms with Crippen LogP contribution in [0.4, 0.5) is 0 Å². The van der Waals surface area contributed by atoms with Crippen molar-refractivity contribution in [1.82, 2.24) is 4.90 Å². The molecule has 0 aliphatic rings. The van der Waals surface area contributed by atoms with Crippen molar-refractivity contribution in [3.05, 3.63) is 0 Å². The maximum absolute atomic E-state index is 9.88. The predicted octanol–water partition coefficient (Wildman–Crippen LogP) is 3.14. The monoisotopic (exact) mass is 335 g/mol. The van der Waals surface area contributed by atoms with Crippen LogP contribution in [0.3, 0.4) is 0 Å². The molecule has 0 aliphatic carbocycles. The van der Waals surface area contributed by atoms with Gasteiger partial charge in [0, 0.05) is 6.54 Å². The lowest BCUT2D eigenvalue weighted by Crippen LogP contribution is -2.15. The molecule has 0 rings (SSSR count). The molecule has 0 aromatic heterocycles. The van der Waals surface area contributed by atoms with E-state index >= 15 is 0 Å². The highest BCUT2D eigenvalue weighted by Crippen LogP contribution is 2.00. The van der Waals surface area contributed by atoms with E-state index in [0.29, 0.717) is 6.54 Å². The Morgan fingerprint density at radius 3 is 1.79 bits per heavy atom. The van der Waals surface area contributed by atoms with Crippen LogP contribution in [-0.4, -0.2) is 42.9 Å². The van der Waals surface area contributed by atoms with E-state index in [0.717, 1.165) is 0 Å². The third kappa shape index (κ3) is 54.6. The summed E-state index contributed by atoms with van der Waals surface area (Å²) >= 11 is 2.20. The second-order valence-corrected chi connectivity index (χ2v) is 5.76. The van der Waals surface area contributed by atoms with E-state index in [4.69, 9.17) is 5.11 Å². The maximum atomic E-state index is 9.88. The summed E-state index contributed by atoms with van der Waals surface area (Å²) in [6, 6.07) is 0. The highest BCUT2D eigenvalue weighted by atomic mass is 127. The molecule has 0 amide bonds. The Balaban J connectivity index is -0.000000168. The summed E-state index contributed by atoms with van der Waals surface area (Å²) in [7, 11) is 5.42. The number of carboxylic acids is 1. The lowest BCUT2D eigenvalue weighted by atomic mass is 10.4. The number of nitrogens with zero attached hydrogens (tertiary/aromatic N) is 1. The Labute approximate surface area is 104 Å². The number of halogens is 1. The van der Waals surface area contributed by atoms with Crippen molar-refractivity contribution in [3.63, 3.8) is 0 Å². The third-order valence-corrected chi connectivity index (χ3v) is 0.773. The van der Waals surface area contributed by atoms with Crippen LogP contribution in [0.2, 0.25) is 0 Å². The van der Waals surface area contributed by atoms with Gasteiger partial charge in [-0.1, -0.05) is 29.2 Å². The van der Waals surface area contributed by atoms with E-state index in [1.165, 1.54) is 6.42 Å². The number of rotatable bonds is 3. The van der Waals surface area contributed by atoms with Crippen molar-refractivity contribution in [2.75, 3.05) is 26.9 Å². The van der Waals surface area contributed by atoms with Crippen LogP contribution < -0.4 is 0 Å². The normalized spacial score (nSPS) is 8.21. The number of hydrogen-bond donors (Lipinski definition) is 1. The summed E-state index contributed by atoms with van der Waals surface area (Å²) < 4.78 is 0. The van der Waals surface area contributed by atoms with Gasteiger partial charge in [-0.25, -0.2) is 0 Å². The average molecular weight is 335 g/mol. The van der Waals surface area contributed by atoms with Gasteiger partial charge in [0.25, 0.3) is 0 Å². The van der Waals surface area contributed by atoms with Gasteiger partial charge in [-0.2, -0.15) is 0 Å². The molecule has 1 N–H and O–H groups in total. The van der Waals surface area contributed by atoms with E-state index in [9.17, 15) is 4.79 Å². The minimum absolute atomic E-state index is 0.229. The molecule has 5 heteroatoms. The summed E-state index contributed by atoms with van der Waals surface area (Å²) in [5.74, 6) is -0.737. The molecule has 0 saturated carbocycles. The zero-order valence-corrected chi connectivity index (χ0v) is 12.7. The largest absolute Gasteiger partial charge is 0.481 e. The number of carbonyl (C=O) groups is 1. The Hall–Kier alpha value is 0.510.